The lowest BCUT2D eigenvalue weighted by molar-refractivity contribution is 0.559. The summed E-state index contributed by atoms with van der Waals surface area (Å²) in [6.07, 6.45) is 14.1. The van der Waals surface area contributed by atoms with Gasteiger partial charge in [-0.15, -0.1) is 0 Å². The van der Waals surface area contributed by atoms with Crippen LogP contribution in [0.1, 0.15) is 102 Å². The molecule has 0 aliphatic carbocycles. The van der Waals surface area contributed by atoms with Crippen molar-refractivity contribution in [2.75, 3.05) is 0 Å². The fourth-order valence-electron chi connectivity index (χ4n) is 3.25. The maximum absolute atomic E-state index is 9.16. The number of imidazole rings is 1. The fourth-order valence-corrected chi connectivity index (χ4v) is 3.25. The molecular formula is C20H35N3. The SMILES string of the molecule is CCCCCCCCCCCc1nc(C(C)C#N)c(CC)n1C. The van der Waals surface area contributed by atoms with Crippen molar-refractivity contribution in [2.24, 2.45) is 7.05 Å². The highest BCUT2D eigenvalue weighted by Crippen LogP contribution is 2.21. The molecule has 0 saturated carbocycles. The predicted molar refractivity (Wildman–Crippen MR) is 97.5 cm³/mol. The van der Waals surface area contributed by atoms with E-state index < -0.39 is 0 Å². The normalized spacial score (nSPS) is 12.3. The predicted octanol–water partition coefficient (Wildman–Crippen LogP) is 5.68. The minimum Gasteiger partial charge on any atom is -0.335 e. The molecule has 1 aromatic heterocycles. The maximum Gasteiger partial charge on any atom is 0.108 e. The zero-order valence-corrected chi connectivity index (χ0v) is 15.7. The van der Waals surface area contributed by atoms with Crippen LogP contribution in [0.15, 0.2) is 0 Å². The van der Waals surface area contributed by atoms with Gasteiger partial charge in [-0.3, -0.25) is 0 Å². The van der Waals surface area contributed by atoms with Gasteiger partial charge in [0.2, 0.25) is 0 Å². The van der Waals surface area contributed by atoms with Crippen molar-refractivity contribution in [1.29, 1.82) is 5.26 Å². The van der Waals surface area contributed by atoms with Crippen LogP contribution < -0.4 is 0 Å². The molecule has 0 amide bonds. The third-order valence-electron chi connectivity index (χ3n) is 4.78. The minimum absolute atomic E-state index is 0.104. The molecule has 0 spiro atoms. The van der Waals surface area contributed by atoms with Crippen molar-refractivity contribution in [1.82, 2.24) is 9.55 Å². The van der Waals surface area contributed by atoms with Crippen LogP contribution in [0.5, 0.6) is 0 Å². The van der Waals surface area contributed by atoms with E-state index in [9.17, 15) is 0 Å². The summed E-state index contributed by atoms with van der Waals surface area (Å²) in [5.74, 6) is 1.05. The average Bonchev–Trinajstić information content (AvgIpc) is 2.88. The Morgan fingerprint density at radius 2 is 1.57 bits per heavy atom. The second-order valence-corrected chi connectivity index (χ2v) is 6.70. The molecule has 130 valence electrons. The summed E-state index contributed by atoms with van der Waals surface area (Å²) in [6, 6.07) is 2.33. The van der Waals surface area contributed by atoms with Crippen molar-refractivity contribution in [2.45, 2.75) is 97.3 Å². The van der Waals surface area contributed by atoms with Crippen LogP contribution in [-0.4, -0.2) is 9.55 Å². The van der Waals surface area contributed by atoms with Crippen LogP contribution >= 0.6 is 0 Å². The Kier molecular flexibility index (Phi) is 9.67. The monoisotopic (exact) mass is 317 g/mol. The summed E-state index contributed by atoms with van der Waals surface area (Å²) in [7, 11) is 2.10. The Morgan fingerprint density at radius 1 is 1.00 bits per heavy atom. The van der Waals surface area contributed by atoms with Gasteiger partial charge in [-0.1, -0.05) is 65.2 Å². The summed E-state index contributed by atoms with van der Waals surface area (Å²) >= 11 is 0. The van der Waals surface area contributed by atoms with E-state index in [1.165, 1.54) is 63.5 Å². The van der Waals surface area contributed by atoms with E-state index in [0.717, 1.165) is 24.4 Å². The first-order chi connectivity index (χ1) is 11.2. The van der Waals surface area contributed by atoms with Crippen LogP contribution in [0.3, 0.4) is 0 Å². The lowest BCUT2D eigenvalue weighted by atomic mass is 10.1. The molecule has 0 aliphatic rings. The third-order valence-corrected chi connectivity index (χ3v) is 4.78. The van der Waals surface area contributed by atoms with Gasteiger partial charge < -0.3 is 4.57 Å². The number of rotatable bonds is 12. The number of nitrogens with zero attached hydrogens (tertiary/aromatic N) is 3. The highest BCUT2D eigenvalue weighted by Gasteiger charge is 2.17. The first-order valence-electron chi connectivity index (χ1n) is 9.59. The zero-order chi connectivity index (χ0) is 17.1. The largest absolute Gasteiger partial charge is 0.335 e. The minimum atomic E-state index is -0.104. The summed E-state index contributed by atoms with van der Waals surface area (Å²) < 4.78 is 2.22. The number of aryl methyl sites for hydroxylation is 1. The van der Waals surface area contributed by atoms with Gasteiger partial charge in [-0.05, 0) is 19.8 Å². The van der Waals surface area contributed by atoms with Crippen molar-refractivity contribution in [3.05, 3.63) is 17.2 Å². The van der Waals surface area contributed by atoms with Crippen molar-refractivity contribution >= 4 is 0 Å². The molecule has 1 rings (SSSR count). The molecule has 23 heavy (non-hydrogen) atoms. The van der Waals surface area contributed by atoms with Gasteiger partial charge >= 0.3 is 0 Å². The zero-order valence-electron chi connectivity index (χ0n) is 15.7. The Labute approximate surface area is 143 Å². The average molecular weight is 318 g/mol. The third kappa shape index (κ3) is 6.37. The molecule has 0 radical (unpaired) electrons. The van der Waals surface area contributed by atoms with Crippen molar-refractivity contribution in [3.8, 4) is 6.07 Å². The molecule has 0 saturated heterocycles. The number of unbranched alkanes of at least 4 members (excludes halogenated alkanes) is 8. The Morgan fingerprint density at radius 3 is 2.09 bits per heavy atom. The molecule has 0 bridgehead atoms. The van der Waals surface area contributed by atoms with Crippen molar-refractivity contribution < 1.29 is 0 Å². The van der Waals surface area contributed by atoms with Gasteiger partial charge in [-0.2, -0.15) is 5.26 Å². The van der Waals surface area contributed by atoms with Crippen molar-refractivity contribution in [3.63, 3.8) is 0 Å². The molecule has 1 heterocycles. The second-order valence-electron chi connectivity index (χ2n) is 6.70. The number of hydrogen-bond donors (Lipinski definition) is 0. The van der Waals surface area contributed by atoms with E-state index in [4.69, 9.17) is 10.2 Å². The van der Waals surface area contributed by atoms with Gasteiger partial charge in [0.05, 0.1) is 17.7 Å². The van der Waals surface area contributed by atoms with Gasteiger partial charge in [0.15, 0.2) is 0 Å². The Balaban J connectivity index is 2.33. The van der Waals surface area contributed by atoms with E-state index in [-0.39, 0.29) is 5.92 Å². The van der Waals surface area contributed by atoms with E-state index in [1.54, 1.807) is 0 Å². The van der Waals surface area contributed by atoms with E-state index in [2.05, 4.69) is 31.5 Å². The quantitative estimate of drug-likeness (QED) is 0.465. The molecule has 1 aromatic rings. The number of nitriles is 1. The van der Waals surface area contributed by atoms with Crippen LogP contribution in [-0.2, 0) is 19.9 Å². The summed E-state index contributed by atoms with van der Waals surface area (Å²) in [6.45, 7) is 6.36. The molecule has 0 fully saturated rings. The molecule has 0 N–H and O–H groups in total. The number of hydrogen-bond acceptors (Lipinski definition) is 2. The van der Waals surface area contributed by atoms with E-state index >= 15 is 0 Å². The molecule has 0 aliphatic heterocycles. The molecule has 3 heteroatoms. The van der Waals surface area contributed by atoms with Gasteiger partial charge in [-0.25, -0.2) is 4.98 Å². The van der Waals surface area contributed by atoms with Gasteiger partial charge in [0, 0.05) is 19.2 Å². The molecule has 0 aromatic carbocycles. The van der Waals surface area contributed by atoms with Gasteiger partial charge in [0.1, 0.15) is 5.82 Å². The molecule has 1 unspecified atom stereocenters. The lowest BCUT2D eigenvalue weighted by Gasteiger charge is -2.06. The number of aromatic nitrogens is 2. The van der Waals surface area contributed by atoms with Gasteiger partial charge in [0.25, 0.3) is 0 Å². The van der Waals surface area contributed by atoms with E-state index in [0.29, 0.717) is 0 Å². The van der Waals surface area contributed by atoms with Crippen LogP contribution in [0.4, 0.5) is 0 Å². The summed E-state index contributed by atoms with van der Waals surface area (Å²) in [5.41, 5.74) is 2.22. The summed E-state index contributed by atoms with van der Waals surface area (Å²) in [4.78, 5) is 4.76. The molecular weight excluding hydrogens is 282 g/mol. The lowest BCUT2D eigenvalue weighted by Crippen LogP contribution is -2.02. The highest BCUT2D eigenvalue weighted by molar-refractivity contribution is 5.25. The van der Waals surface area contributed by atoms with Crippen LogP contribution in [0, 0.1) is 11.3 Å². The second kappa shape index (κ2) is 11.3. The standard InChI is InChI=1S/C20H35N3/c1-5-7-8-9-10-11-12-13-14-15-19-22-20(17(3)16-21)18(6-2)23(19)4/h17H,5-15H2,1-4H3. The Hall–Kier alpha value is -1.30. The molecule has 3 nitrogen and oxygen atoms in total. The maximum atomic E-state index is 9.16. The van der Waals surface area contributed by atoms with Crippen LogP contribution in [0.25, 0.3) is 0 Å². The summed E-state index contributed by atoms with van der Waals surface area (Å²) in [5, 5.41) is 9.16. The first-order valence-corrected chi connectivity index (χ1v) is 9.59. The fraction of sp³-hybridized carbons (Fsp3) is 0.800. The van der Waals surface area contributed by atoms with Crippen LogP contribution in [0.2, 0.25) is 0 Å². The molecule has 1 atom stereocenters. The smallest absolute Gasteiger partial charge is 0.108 e. The Bertz CT molecular complexity index is 482. The first kappa shape index (κ1) is 19.7. The topological polar surface area (TPSA) is 41.6 Å². The van der Waals surface area contributed by atoms with E-state index in [1.807, 2.05) is 6.92 Å². The highest BCUT2D eigenvalue weighted by atomic mass is 15.1.